The first-order chi connectivity index (χ1) is 10.7. The van der Waals surface area contributed by atoms with Gasteiger partial charge in [0.05, 0.1) is 5.39 Å². The number of aryl methyl sites for hydroxylation is 1. The highest BCUT2D eigenvalue weighted by Gasteiger charge is 2.13. The first-order valence-corrected chi connectivity index (χ1v) is 7.12. The van der Waals surface area contributed by atoms with Gasteiger partial charge in [0.25, 0.3) is 5.91 Å². The van der Waals surface area contributed by atoms with Crippen molar-refractivity contribution < 1.29 is 13.7 Å². The number of benzene rings is 2. The topological polar surface area (TPSA) is 55.1 Å². The first kappa shape index (κ1) is 14.3. The molecule has 112 valence electrons. The van der Waals surface area contributed by atoms with Crippen LogP contribution in [0.4, 0.5) is 10.2 Å². The number of nitrogens with one attached hydrogen (secondary N) is 1. The van der Waals surface area contributed by atoms with Gasteiger partial charge in [-0.2, -0.15) is 0 Å². The minimum absolute atomic E-state index is 0.220. The van der Waals surface area contributed by atoms with Crippen molar-refractivity contribution in [1.82, 2.24) is 5.16 Å². The zero-order chi connectivity index (χ0) is 15.5. The fourth-order valence-electron chi connectivity index (χ4n) is 2.29. The van der Waals surface area contributed by atoms with Crippen LogP contribution in [0, 0.1) is 5.82 Å². The van der Waals surface area contributed by atoms with Crippen molar-refractivity contribution in [3.63, 3.8) is 0 Å². The van der Waals surface area contributed by atoms with E-state index in [0.717, 1.165) is 12.8 Å². The molecule has 3 rings (SSSR count). The van der Waals surface area contributed by atoms with Crippen molar-refractivity contribution in [2.75, 3.05) is 5.32 Å². The Balaban J connectivity index is 1.82. The molecule has 0 saturated carbocycles. The number of fused-ring (bicyclic) bond motifs is 1. The minimum atomic E-state index is -0.407. The van der Waals surface area contributed by atoms with Gasteiger partial charge in [0.15, 0.2) is 11.4 Å². The van der Waals surface area contributed by atoms with Gasteiger partial charge >= 0.3 is 0 Å². The van der Waals surface area contributed by atoms with Gasteiger partial charge in [-0.25, -0.2) is 4.39 Å². The van der Waals surface area contributed by atoms with E-state index in [0.29, 0.717) is 16.5 Å². The van der Waals surface area contributed by atoms with E-state index in [-0.39, 0.29) is 11.7 Å². The summed E-state index contributed by atoms with van der Waals surface area (Å²) in [6.45, 7) is 2.11. The fourth-order valence-corrected chi connectivity index (χ4v) is 2.29. The highest BCUT2D eigenvalue weighted by atomic mass is 19.1. The molecule has 0 aliphatic carbocycles. The number of anilines is 1. The molecule has 1 amide bonds. The Morgan fingerprint density at radius 2 is 2.00 bits per heavy atom. The average molecular weight is 298 g/mol. The van der Waals surface area contributed by atoms with Crippen molar-refractivity contribution >= 4 is 22.7 Å². The lowest BCUT2D eigenvalue weighted by atomic mass is 10.1. The lowest BCUT2D eigenvalue weighted by Gasteiger charge is -2.04. The van der Waals surface area contributed by atoms with Crippen LogP contribution in [-0.2, 0) is 6.42 Å². The van der Waals surface area contributed by atoms with Crippen molar-refractivity contribution in [2.45, 2.75) is 19.8 Å². The van der Waals surface area contributed by atoms with Gasteiger partial charge in [-0.3, -0.25) is 4.79 Å². The molecule has 0 radical (unpaired) electrons. The molecule has 0 spiro atoms. The molecule has 0 unspecified atom stereocenters. The second-order valence-electron chi connectivity index (χ2n) is 5.07. The molecule has 22 heavy (non-hydrogen) atoms. The van der Waals surface area contributed by atoms with Gasteiger partial charge in [-0.05, 0) is 42.3 Å². The number of halogens is 1. The van der Waals surface area contributed by atoms with Crippen LogP contribution in [0.3, 0.4) is 0 Å². The number of aromatic nitrogens is 1. The van der Waals surface area contributed by atoms with Crippen LogP contribution < -0.4 is 5.32 Å². The van der Waals surface area contributed by atoms with E-state index in [4.69, 9.17) is 4.52 Å². The van der Waals surface area contributed by atoms with Gasteiger partial charge < -0.3 is 9.84 Å². The zero-order valence-electron chi connectivity index (χ0n) is 12.1. The van der Waals surface area contributed by atoms with Crippen molar-refractivity contribution in [1.29, 1.82) is 0 Å². The summed E-state index contributed by atoms with van der Waals surface area (Å²) in [5.74, 6) is -0.491. The predicted octanol–water partition coefficient (Wildman–Crippen LogP) is 4.17. The third kappa shape index (κ3) is 2.83. The molecular weight excluding hydrogens is 283 g/mol. The van der Waals surface area contributed by atoms with E-state index in [1.807, 2.05) is 12.1 Å². The molecule has 0 bridgehead atoms. The smallest absolute Gasteiger partial charge is 0.256 e. The Bertz CT molecular complexity index is 809. The molecule has 0 aliphatic rings. The highest BCUT2D eigenvalue weighted by molar-refractivity contribution is 6.07. The molecule has 0 saturated heterocycles. The first-order valence-electron chi connectivity index (χ1n) is 7.12. The van der Waals surface area contributed by atoms with Gasteiger partial charge in [-0.15, -0.1) is 0 Å². The van der Waals surface area contributed by atoms with Gasteiger partial charge in [0.1, 0.15) is 5.82 Å². The van der Waals surface area contributed by atoms with E-state index >= 15 is 0 Å². The monoisotopic (exact) mass is 298 g/mol. The third-order valence-electron chi connectivity index (χ3n) is 3.42. The van der Waals surface area contributed by atoms with Crippen LogP contribution >= 0.6 is 0 Å². The number of carbonyl (C=O) groups is 1. The number of carbonyl (C=O) groups excluding carboxylic acids is 1. The number of amides is 1. The van der Waals surface area contributed by atoms with Crippen molar-refractivity contribution in [3.8, 4) is 0 Å². The molecule has 1 heterocycles. The maximum Gasteiger partial charge on any atom is 0.256 e. The van der Waals surface area contributed by atoms with Gasteiger partial charge in [0.2, 0.25) is 0 Å². The second kappa shape index (κ2) is 5.97. The molecule has 1 N–H and O–H groups in total. The quantitative estimate of drug-likeness (QED) is 0.786. The van der Waals surface area contributed by atoms with Crippen molar-refractivity contribution in [3.05, 3.63) is 59.4 Å². The van der Waals surface area contributed by atoms with E-state index in [2.05, 4.69) is 17.4 Å². The summed E-state index contributed by atoms with van der Waals surface area (Å²) in [6, 6.07) is 11.4. The van der Waals surface area contributed by atoms with Crippen LogP contribution in [0.15, 0.2) is 47.0 Å². The second-order valence-corrected chi connectivity index (χ2v) is 5.07. The Hall–Kier alpha value is -2.69. The molecule has 4 nitrogen and oxygen atoms in total. The summed E-state index contributed by atoms with van der Waals surface area (Å²) < 4.78 is 18.3. The third-order valence-corrected chi connectivity index (χ3v) is 3.42. The fraction of sp³-hybridized carbons (Fsp3) is 0.176. The maximum absolute atomic E-state index is 13.3. The zero-order valence-corrected chi connectivity index (χ0v) is 12.1. The minimum Gasteiger partial charge on any atom is -0.354 e. The van der Waals surface area contributed by atoms with E-state index in [1.54, 1.807) is 12.1 Å². The summed E-state index contributed by atoms with van der Waals surface area (Å²) in [5, 5.41) is 6.87. The van der Waals surface area contributed by atoms with Crippen molar-refractivity contribution in [2.24, 2.45) is 0 Å². The lowest BCUT2D eigenvalue weighted by molar-refractivity contribution is 0.102. The van der Waals surface area contributed by atoms with Crippen LogP contribution in [0.2, 0.25) is 0 Å². The molecular formula is C17H15FN2O2. The molecule has 1 aromatic heterocycles. The largest absolute Gasteiger partial charge is 0.354 e. The highest BCUT2D eigenvalue weighted by Crippen LogP contribution is 2.24. The lowest BCUT2D eigenvalue weighted by Crippen LogP contribution is -2.12. The molecule has 5 heteroatoms. The molecule has 0 aliphatic heterocycles. The standard InChI is InChI=1S/C17H15FN2O2/c1-2-3-11-4-6-12(7-5-11)17(21)19-16-14-10-13(18)8-9-15(14)22-20-16/h4-10H,2-3H2,1H3,(H,19,20,21). The van der Waals surface area contributed by atoms with Gasteiger partial charge in [-0.1, -0.05) is 30.6 Å². The molecule has 0 fully saturated rings. The van der Waals surface area contributed by atoms with Crippen LogP contribution in [0.5, 0.6) is 0 Å². The Kier molecular flexibility index (Phi) is 3.87. The molecule has 3 aromatic rings. The predicted molar refractivity (Wildman–Crippen MR) is 82.4 cm³/mol. The van der Waals surface area contributed by atoms with Crippen LogP contribution in [-0.4, -0.2) is 11.1 Å². The Morgan fingerprint density at radius 3 is 2.73 bits per heavy atom. The molecule has 0 atom stereocenters. The summed E-state index contributed by atoms with van der Waals surface area (Å²) in [4.78, 5) is 12.2. The SMILES string of the molecule is CCCc1ccc(C(=O)Nc2noc3ccc(F)cc23)cc1. The van der Waals surface area contributed by atoms with E-state index in [9.17, 15) is 9.18 Å². The summed E-state index contributed by atoms with van der Waals surface area (Å²) in [5.41, 5.74) is 2.13. The normalized spacial score (nSPS) is 10.8. The van der Waals surface area contributed by atoms with E-state index in [1.165, 1.54) is 23.8 Å². The summed E-state index contributed by atoms with van der Waals surface area (Å²) >= 11 is 0. The number of hydrogen-bond donors (Lipinski definition) is 1. The van der Waals surface area contributed by atoms with Crippen LogP contribution in [0.25, 0.3) is 11.0 Å². The number of rotatable bonds is 4. The molecule has 2 aromatic carbocycles. The Morgan fingerprint density at radius 1 is 1.23 bits per heavy atom. The van der Waals surface area contributed by atoms with Crippen LogP contribution in [0.1, 0.15) is 29.3 Å². The summed E-state index contributed by atoms with van der Waals surface area (Å²) in [7, 11) is 0. The van der Waals surface area contributed by atoms with E-state index < -0.39 is 5.82 Å². The summed E-state index contributed by atoms with van der Waals surface area (Å²) in [6.07, 6.45) is 2.04. The number of hydrogen-bond acceptors (Lipinski definition) is 3. The maximum atomic E-state index is 13.3. The number of nitrogens with zero attached hydrogens (tertiary/aromatic N) is 1. The average Bonchev–Trinajstić information content (AvgIpc) is 2.90. The van der Waals surface area contributed by atoms with Gasteiger partial charge in [0, 0.05) is 5.56 Å². The Labute approximate surface area is 126 Å².